The molecule has 0 radical (unpaired) electrons. The number of aromatic nitrogens is 4. The van der Waals surface area contributed by atoms with E-state index in [-0.39, 0.29) is 5.56 Å². The van der Waals surface area contributed by atoms with Crippen molar-refractivity contribution in [2.45, 2.75) is 6.54 Å². The first-order valence-electron chi connectivity index (χ1n) is 6.84. The Morgan fingerprint density at radius 1 is 1.09 bits per heavy atom. The Morgan fingerprint density at radius 3 is 2.82 bits per heavy atom. The van der Waals surface area contributed by atoms with Gasteiger partial charge in [-0.05, 0) is 29.6 Å². The molecular weight excluding hydrogens is 296 g/mol. The van der Waals surface area contributed by atoms with Gasteiger partial charge in [0, 0.05) is 6.20 Å². The van der Waals surface area contributed by atoms with E-state index in [0.717, 1.165) is 16.9 Å². The lowest BCUT2D eigenvalue weighted by Gasteiger charge is -2.03. The molecular formula is C16H12N4OS. The van der Waals surface area contributed by atoms with Gasteiger partial charge >= 0.3 is 0 Å². The molecule has 1 aromatic carbocycles. The number of thiophene rings is 1. The van der Waals surface area contributed by atoms with Crippen LogP contribution in [-0.4, -0.2) is 19.3 Å². The molecule has 0 atom stereocenters. The third-order valence-corrected chi connectivity index (χ3v) is 4.32. The van der Waals surface area contributed by atoms with Crippen LogP contribution >= 0.6 is 11.3 Å². The van der Waals surface area contributed by atoms with Gasteiger partial charge in [-0.1, -0.05) is 18.2 Å². The van der Waals surface area contributed by atoms with Crippen LogP contribution in [0.4, 0.5) is 0 Å². The van der Waals surface area contributed by atoms with E-state index in [4.69, 9.17) is 0 Å². The van der Waals surface area contributed by atoms with Gasteiger partial charge in [-0.3, -0.25) is 9.36 Å². The van der Waals surface area contributed by atoms with E-state index in [1.165, 1.54) is 11.3 Å². The summed E-state index contributed by atoms with van der Waals surface area (Å²) in [4.78, 5) is 16.7. The summed E-state index contributed by atoms with van der Waals surface area (Å²) >= 11 is 1.42. The maximum Gasteiger partial charge on any atom is 0.271 e. The Labute approximate surface area is 130 Å². The maximum atomic E-state index is 12.4. The lowest BCUT2D eigenvalue weighted by molar-refractivity contribution is 0.713. The molecule has 6 heteroatoms. The van der Waals surface area contributed by atoms with Crippen molar-refractivity contribution in [3.05, 3.63) is 76.4 Å². The van der Waals surface area contributed by atoms with Crippen LogP contribution in [0.5, 0.6) is 0 Å². The van der Waals surface area contributed by atoms with Crippen molar-refractivity contribution in [1.29, 1.82) is 0 Å². The molecule has 0 saturated heterocycles. The molecule has 0 aliphatic rings. The summed E-state index contributed by atoms with van der Waals surface area (Å²) in [6, 6.07) is 13.7. The smallest absolute Gasteiger partial charge is 0.271 e. The number of rotatable bonds is 3. The number of para-hydroxylation sites is 1. The molecule has 4 aromatic rings. The average Bonchev–Trinajstić information content (AvgIpc) is 3.20. The Hall–Kier alpha value is -2.73. The van der Waals surface area contributed by atoms with Gasteiger partial charge < -0.3 is 0 Å². The fraction of sp³-hybridized carbons (Fsp3) is 0.0625. The van der Waals surface area contributed by atoms with Crippen LogP contribution in [-0.2, 0) is 6.54 Å². The standard InChI is InChI=1S/C16H12N4OS/c21-16-15-14(7-9-22-15)17-11-19(16)10-12-6-8-20(18-12)13-4-2-1-3-5-13/h1-9,11H,10H2. The topological polar surface area (TPSA) is 52.7 Å². The minimum absolute atomic E-state index is 0.0192. The van der Waals surface area contributed by atoms with Crippen molar-refractivity contribution in [2.24, 2.45) is 0 Å². The van der Waals surface area contributed by atoms with Crippen LogP contribution in [0.15, 0.2) is 65.2 Å². The fourth-order valence-corrected chi connectivity index (χ4v) is 3.13. The van der Waals surface area contributed by atoms with Crippen molar-refractivity contribution < 1.29 is 0 Å². The normalized spacial score (nSPS) is 11.1. The predicted octanol–water partition coefficient (Wildman–Crippen LogP) is 2.69. The maximum absolute atomic E-state index is 12.4. The highest BCUT2D eigenvalue weighted by Gasteiger charge is 2.07. The third-order valence-electron chi connectivity index (χ3n) is 3.43. The van der Waals surface area contributed by atoms with Gasteiger partial charge in [-0.25, -0.2) is 9.67 Å². The Kier molecular flexibility index (Phi) is 3.08. The summed E-state index contributed by atoms with van der Waals surface area (Å²) in [7, 11) is 0. The van der Waals surface area contributed by atoms with E-state index < -0.39 is 0 Å². The molecule has 4 rings (SSSR count). The Morgan fingerprint density at radius 2 is 1.95 bits per heavy atom. The summed E-state index contributed by atoms with van der Waals surface area (Å²) in [5.74, 6) is 0. The summed E-state index contributed by atoms with van der Waals surface area (Å²) in [6.07, 6.45) is 3.48. The second-order valence-corrected chi connectivity index (χ2v) is 5.82. The Balaban J connectivity index is 1.67. The van der Waals surface area contributed by atoms with Gasteiger partial charge in [-0.15, -0.1) is 11.3 Å². The first kappa shape index (κ1) is 13.0. The predicted molar refractivity (Wildman–Crippen MR) is 86.5 cm³/mol. The molecule has 0 N–H and O–H groups in total. The fourth-order valence-electron chi connectivity index (χ4n) is 2.34. The van der Waals surface area contributed by atoms with Gasteiger partial charge in [0.05, 0.1) is 29.8 Å². The van der Waals surface area contributed by atoms with Crippen molar-refractivity contribution in [3.8, 4) is 5.69 Å². The highest BCUT2D eigenvalue weighted by Crippen LogP contribution is 2.13. The lowest BCUT2D eigenvalue weighted by Crippen LogP contribution is -2.20. The molecule has 0 spiro atoms. The van der Waals surface area contributed by atoms with Crippen LogP contribution < -0.4 is 5.56 Å². The van der Waals surface area contributed by atoms with Crippen molar-refractivity contribution in [2.75, 3.05) is 0 Å². The van der Waals surface area contributed by atoms with Gasteiger partial charge in [0.2, 0.25) is 0 Å². The molecule has 0 fully saturated rings. The number of nitrogens with zero attached hydrogens (tertiary/aromatic N) is 4. The van der Waals surface area contributed by atoms with E-state index >= 15 is 0 Å². The van der Waals surface area contributed by atoms with E-state index in [2.05, 4.69) is 10.1 Å². The molecule has 22 heavy (non-hydrogen) atoms. The molecule has 5 nitrogen and oxygen atoms in total. The number of benzene rings is 1. The number of hydrogen-bond donors (Lipinski definition) is 0. The van der Waals surface area contributed by atoms with Crippen LogP contribution in [0.2, 0.25) is 0 Å². The van der Waals surface area contributed by atoms with E-state index in [1.54, 1.807) is 15.6 Å². The van der Waals surface area contributed by atoms with Gasteiger partial charge in [0.1, 0.15) is 4.70 Å². The summed E-state index contributed by atoms with van der Waals surface area (Å²) in [6.45, 7) is 0.416. The molecule has 0 aliphatic heterocycles. The zero-order valence-electron chi connectivity index (χ0n) is 11.6. The largest absolute Gasteiger partial charge is 0.292 e. The van der Waals surface area contributed by atoms with Crippen LogP contribution in [0.1, 0.15) is 5.69 Å². The van der Waals surface area contributed by atoms with E-state index in [0.29, 0.717) is 11.2 Å². The Bertz CT molecular complexity index is 984. The van der Waals surface area contributed by atoms with Gasteiger partial charge in [-0.2, -0.15) is 5.10 Å². The zero-order valence-corrected chi connectivity index (χ0v) is 12.4. The number of hydrogen-bond acceptors (Lipinski definition) is 4. The quantitative estimate of drug-likeness (QED) is 0.585. The molecule has 0 saturated carbocycles. The minimum atomic E-state index is -0.0192. The van der Waals surface area contributed by atoms with E-state index in [9.17, 15) is 4.79 Å². The molecule has 108 valence electrons. The summed E-state index contributed by atoms with van der Waals surface area (Å²) < 4.78 is 4.08. The van der Waals surface area contributed by atoms with Crippen molar-refractivity contribution in [1.82, 2.24) is 19.3 Å². The summed E-state index contributed by atoms with van der Waals surface area (Å²) in [5.41, 5.74) is 2.55. The number of fused-ring (bicyclic) bond motifs is 1. The lowest BCUT2D eigenvalue weighted by atomic mass is 10.3. The molecule has 0 amide bonds. The monoisotopic (exact) mass is 308 g/mol. The first-order chi connectivity index (χ1) is 10.8. The molecule has 0 bridgehead atoms. The van der Waals surface area contributed by atoms with Gasteiger partial charge in [0.25, 0.3) is 5.56 Å². The molecule has 0 aliphatic carbocycles. The second kappa shape index (κ2) is 5.23. The van der Waals surface area contributed by atoms with Crippen LogP contribution in [0, 0.1) is 0 Å². The van der Waals surface area contributed by atoms with E-state index in [1.807, 2.05) is 54.0 Å². The molecule has 3 heterocycles. The first-order valence-corrected chi connectivity index (χ1v) is 7.72. The highest BCUT2D eigenvalue weighted by atomic mass is 32.1. The minimum Gasteiger partial charge on any atom is -0.292 e. The van der Waals surface area contributed by atoms with Crippen LogP contribution in [0.25, 0.3) is 15.9 Å². The zero-order chi connectivity index (χ0) is 14.9. The van der Waals surface area contributed by atoms with Crippen molar-refractivity contribution >= 4 is 21.6 Å². The van der Waals surface area contributed by atoms with Crippen molar-refractivity contribution in [3.63, 3.8) is 0 Å². The average molecular weight is 308 g/mol. The molecule has 3 aromatic heterocycles. The van der Waals surface area contributed by atoms with Crippen LogP contribution in [0.3, 0.4) is 0 Å². The molecule has 0 unspecified atom stereocenters. The second-order valence-electron chi connectivity index (χ2n) is 4.90. The SMILES string of the molecule is O=c1c2sccc2ncn1Cc1ccn(-c2ccccc2)n1. The summed E-state index contributed by atoms with van der Waals surface area (Å²) in [5, 5.41) is 6.40. The third kappa shape index (κ3) is 2.23. The highest BCUT2D eigenvalue weighted by molar-refractivity contribution is 7.17. The van der Waals surface area contributed by atoms with Gasteiger partial charge in [0.15, 0.2) is 0 Å².